The number of ketones is 1. The largest absolute Gasteiger partial charge is 0.497 e. The van der Waals surface area contributed by atoms with Crippen molar-refractivity contribution in [2.75, 3.05) is 28.1 Å². The zero-order chi connectivity index (χ0) is 24.5. The molecule has 0 saturated carbocycles. The Morgan fingerprint density at radius 1 is 0.941 bits per heavy atom. The zero-order valence-electron chi connectivity index (χ0n) is 20.2. The number of ether oxygens (including phenoxy) is 5. The van der Waals surface area contributed by atoms with Gasteiger partial charge in [-0.1, -0.05) is 26.0 Å². The molecule has 2 heterocycles. The molecule has 3 rings (SSSR count). The van der Waals surface area contributed by atoms with Crippen LogP contribution in [-0.4, -0.2) is 43.9 Å². The van der Waals surface area contributed by atoms with Crippen LogP contribution in [0.15, 0.2) is 48.8 Å². The third-order valence-corrected chi connectivity index (χ3v) is 4.98. The van der Waals surface area contributed by atoms with E-state index in [-0.39, 0.29) is 24.9 Å². The topological polar surface area (TPSA) is 89.0 Å². The summed E-state index contributed by atoms with van der Waals surface area (Å²) in [6.45, 7) is 4.44. The molecule has 0 amide bonds. The summed E-state index contributed by atoms with van der Waals surface area (Å²) < 4.78 is 27.4. The Hall–Kier alpha value is -3.65. The maximum atomic E-state index is 13.4. The number of methoxy groups -OCH3 is 3. The molecule has 0 bridgehead atoms. The fourth-order valence-electron chi connectivity index (χ4n) is 3.32. The number of nitrogens with zero attached hydrogens (tertiary/aromatic N) is 2. The minimum Gasteiger partial charge on any atom is -0.497 e. The van der Waals surface area contributed by atoms with Crippen LogP contribution < -0.4 is 18.9 Å². The molecule has 0 aliphatic carbocycles. The molecule has 180 valence electrons. The number of hydrogen-bond donors (Lipinski definition) is 0. The summed E-state index contributed by atoms with van der Waals surface area (Å²) in [5, 5.41) is 0. The van der Waals surface area contributed by atoms with E-state index in [1.54, 1.807) is 25.4 Å². The van der Waals surface area contributed by atoms with E-state index in [2.05, 4.69) is 23.8 Å². The first-order valence-electron chi connectivity index (χ1n) is 10.9. The molecule has 0 N–H and O–H groups in total. The van der Waals surface area contributed by atoms with E-state index in [0.29, 0.717) is 40.8 Å². The van der Waals surface area contributed by atoms with Crippen LogP contribution >= 0.6 is 0 Å². The first kappa shape index (κ1) is 25.0. The van der Waals surface area contributed by atoms with Crippen LogP contribution in [0.2, 0.25) is 0 Å². The van der Waals surface area contributed by atoms with Crippen LogP contribution in [0.4, 0.5) is 0 Å². The van der Waals surface area contributed by atoms with E-state index in [9.17, 15) is 4.79 Å². The van der Waals surface area contributed by atoms with E-state index in [1.165, 1.54) is 20.4 Å². The molecule has 34 heavy (non-hydrogen) atoms. The van der Waals surface area contributed by atoms with Gasteiger partial charge in [0.2, 0.25) is 5.78 Å². The van der Waals surface area contributed by atoms with Crippen molar-refractivity contribution >= 4 is 5.78 Å². The van der Waals surface area contributed by atoms with Crippen molar-refractivity contribution in [2.45, 2.75) is 26.9 Å². The summed E-state index contributed by atoms with van der Waals surface area (Å²) in [6, 6.07) is 10.7. The molecule has 1 aromatic carbocycles. The van der Waals surface area contributed by atoms with Gasteiger partial charge < -0.3 is 23.7 Å². The summed E-state index contributed by atoms with van der Waals surface area (Å²) in [5.74, 6) is 2.03. The van der Waals surface area contributed by atoms with Crippen molar-refractivity contribution in [1.29, 1.82) is 0 Å². The Kier molecular flexibility index (Phi) is 8.81. The highest BCUT2D eigenvalue weighted by atomic mass is 16.7. The number of carbonyl (C=O) groups is 1. The van der Waals surface area contributed by atoms with Gasteiger partial charge in [0.25, 0.3) is 0 Å². The van der Waals surface area contributed by atoms with E-state index >= 15 is 0 Å². The fraction of sp³-hybridized carbons (Fsp3) is 0.346. The molecular weight excluding hydrogens is 436 g/mol. The lowest BCUT2D eigenvalue weighted by molar-refractivity contribution is 0.0491. The van der Waals surface area contributed by atoms with Gasteiger partial charge in [-0.25, -0.2) is 4.98 Å². The van der Waals surface area contributed by atoms with Crippen LogP contribution in [0.1, 0.15) is 41.2 Å². The van der Waals surface area contributed by atoms with Gasteiger partial charge in [0.15, 0.2) is 24.0 Å². The molecule has 2 aromatic heterocycles. The first-order valence-corrected chi connectivity index (χ1v) is 10.9. The quantitative estimate of drug-likeness (QED) is 0.285. The molecule has 0 spiro atoms. The van der Waals surface area contributed by atoms with Crippen molar-refractivity contribution in [1.82, 2.24) is 9.97 Å². The molecule has 8 heteroatoms. The lowest BCUT2D eigenvalue weighted by Crippen LogP contribution is -2.13. The third kappa shape index (κ3) is 6.23. The second kappa shape index (κ2) is 12.0. The van der Waals surface area contributed by atoms with E-state index in [1.807, 2.05) is 24.3 Å². The van der Waals surface area contributed by atoms with Gasteiger partial charge in [-0.15, -0.1) is 0 Å². The number of pyridine rings is 2. The minimum atomic E-state index is -0.310. The smallest absolute Gasteiger partial charge is 0.215 e. The molecule has 3 aromatic rings. The van der Waals surface area contributed by atoms with Crippen molar-refractivity contribution in [2.24, 2.45) is 5.92 Å². The molecule has 0 saturated heterocycles. The van der Waals surface area contributed by atoms with E-state index in [0.717, 1.165) is 11.3 Å². The van der Waals surface area contributed by atoms with Crippen LogP contribution in [-0.2, 0) is 17.8 Å². The van der Waals surface area contributed by atoms with Gasteiger partial charge in [0, 0.05) is 19.4 Å². The summed E-state index contributed by atoms with van der Waals surface area (Å²) in [4.78, 5) is 22.2. The number of rotatable bonds is 12. The van der Waals surface area contributed by atoms with Gasteiger partial charge in [0.05, 0.1) is 31.7 Å². The van der Waals surface area contributed by atoms with Crippen LogP contribution in [0, 0.1) is 5.92 Å². The molecule has 0 aliphatic rings. The standard InChI is InChI=1S/C26H30N2O6/c1-17(2)12-22-26(34-16-30-3)20(10-11-27-22)25(29)21-13-23(24(32-5)14-28-21)33-15-18-6-8-19(31-4)9-7-18/h6-11,13-14,17H,12,15-16H2,1-5H3. The number of hydrogen-bond acceptors (Lipinski definition) is 8. The van der Waals surface area contributed by atoms with Gasteiger partial charge in [-0.2, -0.15) is 0 Å². The number of aromatic nitrogens is 2. The predicted molar refractivity (Wildman–Crippen MR) is 127 cm³/mol. The van der Waals surface area contributed by atoms with Crippen molar-refractivity contribution in [3.8, 4) is 23.0 Å². The Bertz CT molecular complexity index is 1100. The van der Waals surface area contributed by atoms with Crippen LogP contribution in [0.5, 0.6) is 23.0 Å². The SMILES string of the molecule is COCOc1c(C(=O)c2cc(OCc3ccc(OC)cc3)c(OC)cn2)ccnc1CC(C)C. The summed E-state index contributed by atoms with van der Waals surface area (Å²) in [6.07, 6.45) is 3.74. The predicted octanol–water partition coefficient (Wildman–Crippen LogP) is 4.49. The highest BCUT2D eigenvalue weighted by molar-refractivity contribution is 6.09. The maximum Gasteiger partial charge on any atom is 0.215 e. The molecular formula is C26H30N2O6. The first-order chi connectivity index (χ1) is 16.5. The Morgan fingerprint density at radius 3 is 2.35 bits per heavy atom. The second-order valence-electron chi connectivity index (χ2n) is 7.97. The molecule has 0 radical (unpaired) electrons. The average molecular weight is 467 g/mol. The Balaban J connectivity index is 1.89. The van der Waals surface area contributed by atoms with Crippen molar-refractivity contribution < 1.29 is 28.5 Å². The fourth-order valence-corrected chi connectivity index (χ4v) is 3.32. The maximum absolute atomic E-state index is 13.4. The average Bonchev–Trinajstić information content (AvgIpc) is 2.86. The van der Waals surface area contributed by atoms with E-state index in [4.69, 9.17) is 23.7 Å². The Morgan fingerprint density at radius 2 is 1.71 bits per heavy atom. The van der Waals surface area contributed by atoms with Crippen molar-refractivity contribution in [3.63, 3.8) is 0 Å². The summed E-state index contributed by atoms with van der Waals surface area (Å²) >= 11 is 0. The van der Waals surface area contributed by atoms with E-state index < -0.39 is 0 Å². The lowest BCUT2D eigenvalue weighted by atomic mass is 10.0. The van der Waals surface area contributed by atoms with Crippen LogP contribution in [0.25, 0.3) is 0 Å². The van der Waals surface area contributed by atoms with Gasteiger partial charge in [0.1, 0.15) is 18.1 Å². The molecule has 8 nitrogen and oxygen atoms in total. The lowest BCUT2D eigenvalue weighted by Gasteiger charge is -2.16. The highest BCUT2D eigenvalue weighted by Crippen LogP contribution is 2.31. The normalized spacial score (nSPS) is 10.8. The Labute approximate surface area is 199 Å². The summed E-state index contributed by atoms with van der Waals surface area (Å²) in [5.41, 5.74) is 2.20. The zero-order valence-corrected chi connectivity index (χ0v) is 20.2. The molecule has 0 atom stereocenters. The van der Waals surface area contributed by atoms with Gasteiger partial charge in [-0.3, -0.25) is 9.78 Å². The molecule has 0 unspecified atom stereocenters. The van der Waals surface area contributed by atoms with Crippen molar-refractivity contribution in [3.05, 3.63) is 71.3 Å². The monoisotopic (exact) mass is 466 g/mol. The summed E-state index contributed by atoms with van der Waals surface area (Å²) in [7, 11) is 4.67. The van der Waals surface area contributed by atoms with Crippen LogP contribution in [0.3, 0.4) is 0 Å². The number of carbonyl (C=O) groups excluding carboxylic acids is 1. The van der Waals surface area contributed by atoms with Gasteiger partial charge in [-0.05, 0) is 36.1 Å². The minimum absolute atomic E-state index is 0.00331. The third-order valence-electron chi connectivity index (χ3n) is 4.98. The van der Waals surface area contributed by atoms with Gasteiger partial charge >= 0.3 is 0 Å². The molecule has 0 fully saturated rings. The molecule has 0 aliphatic heterocycles. The number of benzene rings is 1. The highest BCUT2D eigenvalue weighted by Gasteiger charge is 2.22. The second-order valence-corrected chi connectivity index (χ2v) is 7.97.